The molecular weight excluding hydrogens is 208 g/mol. The van der Waals surface area contributed by atoms with Gasteiger partial charge in [-0.3, -0.25) is 0 Å². The van der Waals surface area contributed by atoms with Crippen LogP contribution < -0.4 is 22.3 Å². The molecular formula is C7H11BrN2O. The zero-order valence-electron chi connectivity index (χ0n) is 6.81. The van der Waals surface area contributed by atoms with Crippen LogP contribution in [-0.2, 0) is 0 Å². The maximum atomic E-state index is 10.8. The van der Waals surface area contributed by atoms with E-state index in [-0.39, 0.29) is 23.0 Å². The van der Waals surface area contributed by atoms with Gasteiger partial charge in [-0.15, -0.1) is 0 Å². The summed E-state index contributed by atoms with van der Waals surface area (Å²) in [5, 5.41) is 1.56. The second kappa shape index (κ2) is 3.78. The number of nitrogens with two attached hydrogens (primary N) is 1. The molecule has 0 fully saturated rings. The molecule has 0 radical (unpaired) electrons. The first-order valence-electron chi connectivity index (χ1n) is 3.23. The maximum Gasteiger partial charge on any atom is 0.444 e. The molecule has 0 aromatic rings. The zero-order chi connectivity index (χ0) is 7.72. The van der Waals surface area contributed by atoms with Crippen molar-refractivity contribution >= 4 is 11.7 Å². The maximum absolute atomic E-state index is 10.8. The molecule has 3 nitrogen and oxygen atoms in total. The number of aliphatic imine (C=N–C) groups is 1. The fourth-order valence-electron chi connectivity index (χ4n) is 0.860. The highest BCUT2D eigenvalue weighted by atomic mass is 79.9. The molecule has 0 unspecified atom stereocenters. The van der Waals surface area contributed by atoms with E-state index in [0.717, 1.165) is 17.0 Å². The molecule has 0 atom stereocenters. The molecule has 1 heterocycles. The summed E-state index contributed by atoms with van der Waals surface area (Å²) in [6.45, 7) is 5.74. The molecule has 0 bridgehead atoms. The minimum absolute atomic E-state index is 0. The Bertz CT molecular complexity index is 237. The summed E-state index contributed by atoms with van der Waals surface area (Å²) in [6.07, 6.45) is 0. The molecule has 2 N–H and O–H groups in total. The predicted molar refractivity (Wildman–Crippen MR) is 38.8 cm³/mol. The molecule has 11 heavy (non-hydrogen) atoms. The van der Waals surface area contributed by atoms with E-state index < -0.39 is 0 Å². The van der Waals surface area contributed by atoms with Crippen LogP contribution >= 0.6 is 0 Å². The SMILES string of the molecule is CC1=NC(=O)[NH2+]C(C)=C1C.[Br-]. The van der Waals surface area contributed by atoms with Gasteiger partial charge in [-0.1, -0.05) is 0 Å². The van der Waals surface area contributed by atoms with Gasteiger partial charge in [0.2, 0.25) is 0 Å². The van der Waals surface area contributed by atoms with Crippen molar-refractivity contribution in [2.24, 2.45) is 4.99 Å². The summed E-state index contributed by atoms with van der Waals surface area (Å²) < 4.78 is 0. The lowest BCUT2D eigenvalue weighted by atomic mass is 10.1. The van der Waals surface area contributed by atoms with Crippen molar-refractivity contribution in [3.05, 3.63) is 11.3 Å². The van der Waals surface area contributed by atoms with Crippen LogP contribution in [0.1, 0.15) is 20.8 Å². The third-order valence-electron chi connectivity index (χ3n) is 1.75. The lowest BCUT2D eigenvalue weighted by Gasteiger charge is -2.07. The number of carbonyl (C=O) groups is 1. The largest absolute Gasteiger partial charge is 1.00 e. The number of halogens is 1. The van der Waals surface area contributed by atoms with Gasteiger partial charge in [-0.05, 0) is 13.8 Å². The Morgan fingerprint density at radius 1 is 1.27 bits per heavy atom. The van der Waals surface area contributed by atoms with Crippen molar-refractivity contribution in [2.45, 2.75) is 20.8 Å². The van der Waals surface area contributed by atoms with Crippen molar-refractivity contribution in [3.8, 4) is 0 Å². The normalized spacial score (nSPS) is 17.7. The lowest BCUT2D eigenvalue weighted by molar-refractivity contribution is -0.501. The van der Waals surface area contributed by atoms with Crippen LogP contribution in [0.25, 0.3) is 0 Å². The van der Waals surface area contributed by atoms with Gasteiger partial charge in [0.1, 0.15) is 5.70 Å². The molecule has 1 aliphatic heterocycles. The molecule has 62 valence electrons. The molecule has 0 aromatic heterocycles. The second-order valence-corrected chi connectivity index (χ2v) is 2.49. The van der Waals surface area contributed by atoms with Crippen molar-refractivity contribution in [1.29, 1.82) is 0 Å². The molecule has 1 aliphatic rings. The summed E-state index contributed by atoms with van der Waals surface area (Å²) in [7, 11) is 0. The van der Waals surface area contributed by atoms with Crippen LogP contribution in [0.4, 0.5) is 4.79 Å². The van der Waals surface area contributed by atoms with Gasteiger partial charge >= 0.3 is 6.03 Å². The van der Waals surface area contributed by atoms with Gasteiger partial charge in [0.05, 0.1) is 5.71 Å². The van der Waals surface area contributed by atoms with Crippen molar-refractivity contribution in [1.82, 2.24) is 0 Å². The molecule has 0 spiro atoms. The van der Waals surface area contributed by atoms with Gasteiger partial charge in [-0.2, -0.15) is 4.99 Å². The van der Waals surface area contributed by atoms with E-state index in [2.05, 4.69) is 4.99 Å². The van der Waals surface area contributed by atoms with Gasteiger partial charge in [0.15, 0.2) is 0 Å². The smallest absolute Gasteiger partial charge is 0.444 e. The number of nitrogens with zero attached hydrogens (tertiary/aromatic N) is 1. The number of quaternary nitrogens is 1. The van der Waals surface area contributed by atoms with Gasteiger partial charge < -0.3 is 17.0 Å². The van der Waals surface area contributed by atoms with Crippen LogP contribution in [0.2, 0.25) is 0 Å². The highest BCUT2D eigenvalue weighted by Crippen LogP contribution is 2.02. The van der Waals surface area contributed by atoms with E-state index in [1.54, 1.807) is 5.32 Å². The monoisotopic (exact) mass is 218 g/mol. The quantitative estimate of drug-likeness (QED) is 0.478. The Balaban J connectivity index is 0.000001000. The summed E-state index contributed by atoms with van der Waals surface area (Å²) in [5.41, 5.74) is 2.97. The zero-order valence-corrected chi connectivity index (χ0v) is 8.40. The van der Waals surface area contributed by atoms with Crippen LogP contribution in [-0.4, -0.2) is 11.7 Å². The van der Waals surface area contributed by atoms with Crippen LogP contribution in [0.15, 0.2) is 16.3 Å². The first-order chi connectivity index (χ1) is 4.61. The average Bonchev–Trinajstić information content (AvgIpc) is 1.82. The number of rotatable bonds is 0. The number of hydrogen-bond acceptors (Lipinski definition) is 1. The molecule has 1 rings (SSSR count). The van der Waals surface area contributed by atoms with E-state index in [0.29, 0.717) is 0 Å². The molecule has 0 aromatic carbocycles. The number of hydrogen-bond donors (Lipinski definition) is 1. The average molecular weight is 219 g/mol. The van der Waals surface area contributed by atoms with Crippen molar-refractivity contribution < 1.29 is 27.1 Å². The predicted octanol–water partition coefficient (Wildman–Crippen LogP) is -2.56. The summed E-state index contributed by atoms with van der Waals surface area (Å²) in [6, 6.07) is -0.138. The summed E-state index contributed by atoms with van der Waals surface area (Å²) >= 11 is 0. The Kier molecular flexibility index (Phi) is 3.62. The van der Waals surface area contributed by atoms with Crippen LogP contribution in [0, 0.1) is 0 Å². The highest BCUT2D eigenvalue weighted by molar-refractivity contribution is 6.04. The van der Waals surface area contributed by atoms with Gasteiger partial charge in [-0.25, -0.2) is 10.1 Å². The van der Waals surface area contributed by atoms with E-state index in [1.807, 2.05) is 20.8 Å². The summed E-state index contributed by atoms with van der Waals surface area (Å²) in [5.74, 6) is 0. The van der Waals surface area contributed by atoms with Crippen molar-refractivity contribution in [2.75, 3.05) is 0 Å². The van der Waals surface area contributed by atoms with E-state index in [1.165, 1.54) is 0 Å². The van der Waals surface area contributed by atoms with E-state index >= 15 is 0 Å². The number of allylic oxidation sites excluding steroid dienone is 2. The Morgan fingerprint density at radius 2 is 1.82 bits per heavy atom. The Labute approximate surface area is 76.4 Å². The molecule has 0 saturated carbocycles. The Hall–Kier alpha value is -0.480. The number of amides is 2. The van der Waals surface area contributed by atoms with E-state index in [4.69, 9.17) is 0 Å². The number of primary amides is 1. The number of urea groups is 1. The number of carbonyl (C=O) groups excluding carboxylic acids is 1. The van der Waals surface area contributed by atoms with Crippen LogP contribution in [0.3, 0.4) is 0 Å². The Morgan fingerprint density at radius 3 is 2.27 bits per heavy atom. The van der Waals surface area contributed by atoms with Gasteiger partial charge in [0.25, 0.3) is 0 Å². The molecule has 4 heteroatoms. The van der Waals surface area contributed by atoms with Crippen molar-refractivity contribution in [3.63, 3.8) is 0 Å². The molecule has 0 saturated heterocycles. The lowest BCUT2D eigenvalue weighted by Crippen LogP contribution is -3.00. The highest BCUT2D eigenvalue weighted by Gasteiger charge is 2.16. The van der Waals surface area contributed by atoms with Gasteiger partial charge in [0, 0.05) is 12.5 Å². The first-order valence-corrected chi connectivity index (χ1v) is 3.23. The standard InChI is InChI=1S/C7H10N2O.BrH/c1-4-5(2)8-7(10)9-6(4)3;/h1-3H3,(H,8,9,10);1H. The third kappa shape index (κ3) is 2.24. The minimum Gasteiger partial charge on any atom is -1.00 e. The minimum atomic E-state index is -0.138. The fraction of sp³-hybridized carbons (Fsp3) is 0.429. The van der Waals surface area contributed by atoms with Crippen LogP contribution in [0.5, 0.6) is 0 Å². The van der Waals surface area contributed by atoms with E-state index in [9.17, 15) is 4.79 Å². The summed E-state index contributed by atoms with van der Waals surface area (Å²) in [4.78, 5) is 14.5. The fourth-order valence-corrected chi connectivity index (χ4v) is 0.860. The first kappa shape index (κ1) is 10.5. The third-order valence-corrected chi connectivity index (χ3v) is 1.75. The topological polar surface area (TPSA) is 46.0 Å². The second-order valence-electron chi connectivity index (χ2n) is 2.49. The molecule has 2 amide bonds. The molecule has 0 aliphatic carbocycles.